The minimum atomic E-state index is -0.971. The molecule has 0 bridgehead atoms. The van der Waals surface area contributed by atoms with E-state index in [1.165, 1.54) is 12.3 Å². The zero-order valence-electron chi connectivity index (χ0n) is 8.35. The first-order chi connectivity index (χ1) is 7.56. The highest BCUT2D eigenvalue weighted by Gasteiger charge is 2.11. The molecule has 0 atom stereocenters. The number of carboxylic acids is 1. The van der Waals surface area contributed by atoms with Crippen LogP contribution in [0.3, 0.4) is 0 Å². The number of hydrogen-bond donors (Lipinski definition) is 1. The molecule has 16 heavy (non-hydrogen) atoms. The van der Waals surface area contributed by atoms with Crippen molar-refractivity contribution in [3.8, 4) is 0 Å². The Kier molecular flexibility index (Phi) is 2.78. The van der Waals surface area contributed by atoms with Crippen molar-refractivity contribution in [1.29, 1.82) is 0 Å². The van der Waals surface area contributed by atoms with Crippen LogP contribution in [0.2, 0.25) is 0 Å². The van der Waals surface area contributed by atoms with E-state index in [1.54, 1.807) is 11.5 Å². The molecular formula is C9H8BrN3O3. The molecule has 0 saturated heterocycles. The van der Waals surface area contributed by atoms with Crippen molar-refractivity contribution in [2.45, 2.75) is 13.5 Å². The second kappa shape index (κ2) is 4.09. The van der Waals surface area contributed by atoms with E-state index >= 15 is 0 Å². The number of carbonyl (C=O) groups is 1. The fraction of sp³-hybridized carbons (Fsp3) is 0.222. The SMILES string of the molecule is Cc1noc(Cn2cc(C(=O)O)cc2Br)n1. The fourth-order valence-electron chi connectivity index (χ4n) is 1.27. The van der Waals surface area contributed by atoms with Crippen molar-refractivity contribution in [1.82, 2.24) is 14.7 Å². The van der Waals surface area contributed by atoms with Crippen LogP contribution >= 0.6 is 15.9 Å². The summed E-state index contributed by atoms with van der Waals surface area (Å²) >= 11 is 3.26. The number of carboxylic acid groups (broad SMARTS) is 1. The van der Waals surface area contributed by atoms with E-state index in [0.717, 1.165) is 0 Å². The van der Waals surface area contributed by atoms with E-state index < -0.39 is 5.97 Å². The second-order valence-electron chi connectivity index (χ2n) is 3.22. The molecule has 0 aliphatic heterocycles. The number of hydrogen-bond acceptors (Lipinski definition) is 4. The van der Waals surface area contributed by atoms with Crippen LogP contribution in [0, 0.1) is 6.92 Å². The highest BCUT2D eigenvalue weighted by molar-refractivity contribution is 9.10. The lowest BCUT2D eigenvalue weighted by Gasteiger charge is -1.98. The lowest BCUT2D eigenvalue weighted by atomic mass is 10.4. The summed E-state index contributed by atoms with van der Waals surface area (Å²) < 4.78 is 7.27. The van der Waals surface area contributed by atoms with E-state index in [2.05, 4.69) is 26.1 Å². The molecule has 0 saturated carbocycles. The smallest absolute Gasteiger partial charge is 0.337 e. The van der Waals surface area contributed by atoms with Crippen molar-refractivity contribution < 1.29 is 14.4 Å². The van der Waals surface area contributed by atoms with Gasteiger partial charge in [0, 0.05) is 6.20 Å². The Bertz CT molecular complexity index is 532. The monoisotopic (exact) mass is 285 g/mol. The molecule has 2 aromatic heterocycles. The maximum atomic E-state index is 10.7. The maximum absolute atomic E-state index is 10.7. The predicted molar refractivity (Wildman–Crippen MR) is 57.2 cm³/mol. The van der Waals surface area contributed by atoms with Gasteiger partial charge >= 0.3 is 5.97 Å². The quantitative estimate of drug-likeness (QED) is 0.928. The van der Waals surface area contributed by atoms with E-state index in [1.807, 2.05) is 0 Å². The van der Waals surface area contributed by atoms with Gasteiger partial charge in [0.15, 0.2) is 5.82 Å². The zero-order chi connectivity index (χ0) is 11.7. The molecule has 0 radical (unpaired) electrons. The molecule has 0 aliphatic carbocycles. The van der Waals surface area contributed by atoms with E-state index in [0.29, 0.717) is 22.9 Å². The molecule has 1 N–H and O–H groups in total. The van der Waals surface area contributed by atoms with Crippen LogP contribution in [0.1, 0.15) is 22.1 Å². The molecule has 0 spiro atoms. The number of rotatable bonds is 3. The van der Waals surface area contributed by atoms with Crippen molar-refractivity contribution in [3.05, 3.63) is 34.1 Å². The molecular weight excluding hydrogens is 278 g/mol. The van der Waals surface area contributed by atoms with Gasteiger partial charge in [0.2, 0.25) is 5.89 Å². The summed E-state index contributed by atoms with van der Waals surface area (Å²) in [5.74, 6) is 0.0173. The average molecular weight is 286 g/mol. The third kappa shape index (κ3) is 2.13. The molecule has 0 fully saturated rings. The molecule has 0 unspecified atom stereocenters. The van der Waals surface area contributed by atoms with Crippen LogP contribution in [0.25, 0.3) is 0 Å². The van der Waals surface area contributed by atoms with Gasteiger partial charge in [0.25, 0.3) is 0 Å². The van der Waals surface area contributed by atoms with Crippen LogP contribution in [-0.4, -0.2) is 25.8 Å². The Morgan fingerprint density at radius 3 is 2.94 bits per heavy atom. The molecule has 0 aliphatic rings. The molecule has 2 rings (SSSR count). The van der Waals surface area contributed by atoms with Gasteiger partial charge in [-0.05, 0) is 28.9 Å². The first-order valence-electron chi connectivity index (χ1n) is 4.44. The van der Waals surface area contributed by atoms with E-state index in [4.69, 9.17) is 9.63 Å². The largest absolute Gasteiger partial charge is 0.478 e. The zero-order valence-corrected chi connectivity index (χ0v) is 9.93. The summed E-state index contributed by atoms with van der Waals surface area (Å²) in [4.78, 5) is 14.8. The number of halogens is 1. The standard InChI is InChI=1S/C9H8BrN3O3/c1-5-11-8(16-12-5)4-13-3-6(9(14)15)2-7(13)10/h2-3H,4H2,1H3,(H,14,15). The Hall–Kier alpha value is -1.63. The summed E-state index contributed by atoms with van der Waals surface area (Å²) in [7, 11) is 0. The van der Waals surface area contributed by atoms with Gasteiger partial charge in [-0.2, -0.15) is 4.98 Å². The molecule has 2 heterocycles. The first kappa shape index (κ1) is 10.9. The molecule has 7 heteroatoms. The topological polar surface area (TPSA) is 81.2 Å². The fourth-order valence-corrected chi connectivity index (χ4v) is 1.74. The minimum Gasteiger partial charge on any atom is -0.478 e. The summed E-state index contributed by atoms with van der Waals surface area (Å²) in [6.45, 7) is 2.06. The Labute approximate surface area is 99.0 Å². The van der Waals surface area contributed by atoms with Gasteiger partial charge in [0.05, 0.1) is 10.2 Å². The van der Waals surface area contributed by atoms with Crippen LogP contribution in [-0.2, 0) is 6.54 Å². The van der Waals surface area contributed by atoms with Crippen LogP contribution in [0.4, 0.5) is 0 Å². The van der Waals surface area contributed by atoms with Gasteiger partial charge in [-0.3, -0.25) is 0 Å². The average Bonchev–Trinajstić information content (AvgIpc) is 2.75. The molecule has 2 aromatic rings. The third-order valence-corrected chi connectivity index (χ3v) is 2.65. The number of aryl methyl sites for hydroxylation is 1. The Balaban J connectivity index is 2.24. The number of aromatic carboxylic acids is 1. The minimum absolute atomic E-state index is 0.211. The predicted octanol–water partition coefficient (Wildman–Crippen LogP) is 1.69. The van der Waals surface area contributed by atoms with Gasteiger partial charge in [0.1, 0.15) is 6.54 Å². The van der Waals surface area contributed by atoms with Crippen molar-refractivity contribution in [2.24, 2.45) is 0 Å². The highest BCUT2D eigenvalue weighted by atomic mass is 79.9. The van der Waals surface area contributed by atoms with Crippen LogP contribution < -0.4 is 0 Å². The Morgan fingerprint density at radius 2 is 2.44 bits per heavy atom. The summed E-state index contributed by atoms with van der Waals surface area (Å²) in [5, 5.41) is 12.5. The Morgan fingerprint density at radius 1 is 1.69 bits per heavy atom. The number of nitrogens with zero attached hydrogens (tertiary/aromatic N) is 3. The molecule has 84 valence electrons. The lowest BCUT2D eigenvalue weighted by molar-refractivity contribution is 0.0697. The van der Waals surface area contributed by atoms with Gasteiger partial charge < -0.3 is 14.2 Å². The van der Waals surface area contributed by atoms with Crippen molar-refractivity contribution in [2.75, 3.05) is 0 Å². The lowest BCUT2D eigenvalue weighted by Crippen LogP contribution is -1.99. The number of aromatic nitrogens is 3. The van der Waals surface area contributed by atoms with Gasteiger partial charge in [-0.15, -0.1) is 0 Å². The molecule has 6 nitrogen and oxygen atoms in total. The van der Waals surface area contributed by atoms with Crippen molar-refractivity contribution >= 4 is 21.9 Å². The normalized spacial score (nSPS) is 10.6. The third-order valence-electron chi connectivity index (χ3n) is 1.97. The maximum Gasteiger partial charge on any atom is 0.337 e. The highest BCUT2D eigenvalue weighted by Crippen LogP contribution is 2.16. The summed E-state index contributed by atoms with van der Waals surface area (Å²) in [6, 6.07) is 1.52. The first-order valence-corrected chi connectivity index (χ1v) is 5.23. The molecule has 0 amide bonds. The van der Waals surface area contributed by atoms with E-state index in [-0.39, 0.29) is 5.56 Å². The van der Waals surface area contributed by atoms with E-state index in [9.17, 15) is 4.79 Å². The van der Waals surface area contributed by atoms with Crippen LogP contribution in [0.15, 0.2) is 21.4 Å². The second-order valence-corrected chi connectivity index (χ2v) is 4.03. The summed E-state index contributed by atoms with van der Waals surface area (Å²) in [6.07, 6.45) is 1.51. The summed E-state index contributed by atoms with van der Waals surface area (Å²) in [5.41, 5.74) is 0.211. The van der Waals surface area contributed by atoms with Crippen molar-refractivity contribution in [3.63, 3.8) is 0 Å². The van der Waals surface area contributed by atoms with Gasteiger partial charge in [-0.25, -0.2) is 4.79 Å². The van der Waals surface area contributed by atoms with Crippen LogP contribution in [0.5, 0.6) is 0 Å². The van der Waals surface area contributed by atoms with Gasteiger partial charge in [-0.1, -0.05) is 5.16 Å². The molecule has 0 aromatic carbocycles.